The molecule has 0 radical (unpaired) electrons. The molecule has 27 heavy (non-hydrogen) atoms. The Balaban J connectivity index is 0.00000180. The highest BCUT2D eigenvalue weighted by Crippen LogP contribution is 2.69. The molecule has 0 amide bonds. The summed E-state index contributed by atoms with van der Waals surface area (Å²) in [7, 11) is 1.65. The van der Waals surface area contributed by atoms with Crippen LogP contribution in [0.5, 0.6) is 5.75 Å². The van der Waals surface area contributed by atoms with Crippen molar-refractivity contribution in [3.8, 4) is 5.75 Å². The highest BCUT2D eigenvalue weighted by Gasteiger charge is 2.70. The largest absolute Gasteiger partial charge is 0.497 e. The molecular formula is C19H23ClN2O5. The van der Waals surface area contributed by atoms with Gasteiger partial charge in [0.25, 0.3) is 0 Å². The van der Waals surface area contributed by atoms with Crippen molar-refractivity contribution in [2.75, 3.05) is 26.9 Å². The van der Waals surface area contributed by atoms with Gasteiger partial charge in [0, 0.05) is 34.6 Å². The second kappa shape index (κ2) is 6.38. The van der Waals surface area contributed by atoms with Crippen molar-refractivity contribution in [1.82, 2.24) is 9.88 Å². The number of aromatic amines is 1. The van der Waals surface area contributed by atoms with Crippen LogP contribution in [0.15, 0.2) is 18.2 Å². The van der Waals surface area contributed by atoms with Crippen LogP contribution in [0.1, 0.15) is 36.1 Å². The number of fused-ring (bicyclic) bond motifs is 4. The van der Waals surface area contributed by atoms with E-state index in [-0.39, 0.29) is 30.5 Å². The number of methoxy groups -OCH3 is 1. The zero-order chi connectivity index (χ0) is 18.1. The molecule has 7 nitrogen and oxygen atoms in total. The summed E-state index contributed by atoms with van der Waals surface area (Å²) >= 11 is 0. The second-order valence-electron chi connectivity index (χ2n) is 7.54. The number of carbonyl (C=O) groups is 1. The van der Waals surface area contributed by atoms with Crippen LogP contribution in [-0.4, -0.2) is 64.6 Å². The number of H-pyrrole nitrogens is 1. The van der Waals surface area contributed by atoms with E-state index in [1.807, 2.05) is 18.2 Å². The average Bonchev–Trinajstić information content (AvgIpc) is 3.31. The molecule has 5 rings (SSSR count). The monoisotopic (exact) mass is 394 g/mol. The first-order chi connectivity index (χ1) is 12.6. The molecule has 2 aromatic rings. The maximum atomic E-state index is 12.8. The predicted molar refractivity (Wildman–Crippen MR) is 100 cm³/mol. The highest BCUT2D eigenvalue weighted by atomic mass is 35.5. The fourth-order valence-electron chi connectivity index (χ4n) is 4.81. The summed E-state index contributed by atoms with van der Waals surface area (Å²) in [4.78, 5) is 18.5. The molecule has 3 N–H and O–H groups in total. The first-order valence-electron chi connectivity index (χ1n) is 9.01. The van der Waals surface area contributed by atoms with Gasteiger partial charge in [-0.05, 0) is 36.6 Å². The van der Waals surface area contributed by atoms with Gasteiger partial charge >= 0.3 is 5.97 Å². The van der Waals surface area contributed by atoms with Gasteiger partial charge in [-0.3, -0.25) is 4.90 Å². The Kier molecular flexibility index (Phi) is 4.38. The van der Waals surface area contributed by atoms with Gasteiger partial charge in [-0.15, -0.1) is 12.4 Å². The minimum Gasteiger partial charge on any atom is -0.497 e. The third-order valence-electron chi connectivity index (χ3n) is 6.27. The number of benzene rings is 1. The van der Waals surface area contributed by atoms with Gasteiger partial charge < -0.3 is 24.7 Å². The number of ether oxygens (including phenoxy) is 2. The number of nitrogens with zero attached hydrogens (tertiary/aromatic N) is 1. The summed E-state index contributed by atoms with van der Waals surface area (Å²) < 4.78 is 10.7. The van der Waals surface area contributed by atoms with E-state index in [1.165, 1.54) is 5.56 Å². The topological polar surface area (TPSA) is 95.0 Å². The summed E-state index contributed by atoms with van der Waals surface area (Å²) in [5, 5.41) is 19.6. The van der Waals surface area contributed by atoms with Crippen LogP contribution in [0, 0.1) is 0 Å². The number of nitrogens with one attached hydrogen (secondary N) is 1. The third kappa shape index (κ3) is 2.49. The third-order valence-corrected chi connectivity index (χ3v) is 6.27. The number of carbonyl (C=O) groups excluding carboxylic acids is 1. The van der Waals surface area contributed by atoms with Gasteiger partial charge in [0.1, 0.15) is 24.5 Å². The van der Waals surface area contributed by atoms with E-state index < -0.39 is 18.8 Å². The van der Waals surface area contributed by atoms with Crippen LogP contribution in [-0.2, 0) is 9.53 Å². The molecule has 8 heteroatoms. The zero-order valence-electron chi connectivity index (χ0n) is 15.0. The molecule has 1 aliphatic carbocycles. The summed E-state index contributed by atoms with van der Waals surface area (Å²) in [6.07, 6.45) is 1.11. The lowest BCUT2D eigenvalue weighted by atomic mass is 9.84. The van der Waals surface area contributed by atoms with Crippen molar-refractivity contribution in [2.24, 2.45) is 0 Å². The molecule has 4 atom stereocenters. The Bertz CT molecular complexity index is 900. The number of rotatable bonds is 5. The van der Waals surface area contributed by atoms with Crippen LogP contribution >= 0.6 is 12.4 Å². The van der Waals surface area contributed by atoms with Gasteiger partial charge in [0.2, 0.25) is 0 Å². The van der Waals surface area contributed by atoms with Crippen LogP contribution in [0.3, 0.4) is 0 Å². The van der Waals surface area contributed by atoms with Crippen molar-refractivity contribution in [2.45, 2.75) is 36.4 Å². The number of hydrogen-bond donors (Lipinski definition) is 3. The van der Waals surface area contributed by atoms with Crippen LogP contribution in [0.4, 0.5) is 0 Å². The van der Waals surface area contributed by atoms with Crippen LogP contribution in [0.25, 0.3) is 10.9 Å². The van der Waals surface area contributed by atoms with Crippen molar-refractivity contribution >= 4 is 29.3 Å². The van der Waals surface area contributed by atoms with Gasteiger partial charge in [0.05, 0.1) is 13.7 Å². The Morgan fingerprint density at radius 2 is 2.30 bits per heavy atom. The summed E-state index contributed by atoms with van der Waals surface area (Å²) in [5.74, 6) is 0.871. The van der Waals surface area contributed by atoms with E-state index in [1.54, 1.807) is 7.11 Å². The Labute approximate surface area is 162 Å². The van der Waals surface area contributed by atoms with Gasteiger partial charge in [-0.25, -0.2) is 4.79 Å². The molecule has 2 fully saturated rings. The number of aromatic nitrogens is 1. The lowest BCUT2D eigenvalue weighted by molar-refractivity contribution is -0.160. The van der Waals surface area contributed by atoms with E-state index in [0.717, 1.165) is 41.7 Å². The molecule has 1 saturated carbocycles. The number of aliphatic hydroxyl groups is 2. The maximum Gasteiger partial charge on any atom is 0.329 e. The lowest BCUT2D eigenvalue weighted by Crippen LogP contribution is -2.57. The summed E-state index contributed by atoms with van der Waals surface area (Å²) in [5.41, 5.74) is 3.19. The first kappa shape index (κ1) is 18.6. The molecule has 2 aliphatic heterocycles. The molecule has 1 aromatic heterocycles. The van der Waals surface area contributed by atoms with Crippen molar-refractivity contribution in [3.05, 3.63) is 29.5 Å². The zero-order valence-corrected chi connectivity index (χ0v) is 15.8. The van der Waals surface area contributed by atoms with E-state index in [0.29, 0.717) is 5.92 Å². The summed E-state index contributed by atoms with van der Waals surface area (Å²) in [6.45, 7) is 0.252. The average molecular weight is 395 g/mol. The number of hydrogen-bond acceptors (Lipinski definition) is 6. The van der Waals surface area contributed by atoms with Crippen molar-refractivity contribution in [1.29, 1.82) is 0 Å². The Morgan fingerprint density at radius 1 is 1.48 bits per heavy atom. The first-order valence-corrected chi connectivity index (χ1v) is 9.01. The molecule has 1 aromatic carbocycles. The quantitative estimate of drug-likeness (QED) is 0.665. The van der Waals surface area contributed by atoms with Crippen LogP contribution < -0.4 is 4.74 Å². The second-order valence-corrected chi connectivity index (χ2v) is 7.54. The Hall–Kier alpha value is -1.80. The normalized spacial score (nSPS) is 28.9. The van der Waals surface area contributed by atoms with Crippen molar-refractivity contribution in [3.63, 3.8) is 0 Å². The molecule has 146 valence electrons. The van der Waals surface area contributed by atoms with E-state index in [2.05, 4.69) is 9.88 Å². The molecule has 1 saturated heterocycles. The fraction of sp³-hybridized carbons (Fsp3) is 0.526. The van der Waals surface area contributed by atoms with E-state index in [4.69, 9.17) is 14.6 Å². The fourth-order valence-corrected chi connectivity index (χ4v) is 4.81. The van der Waals surface area contributed by atoms with E-state index in [9.17, 15) is 9.90 Å². The van der Waals surface area contributed by atoms with Gasteiger partial charge in [0.15, 0.2) is 0 Å². The molecule has 1 spiro atoms. The smallest absolute Gasteiger partial charge is 0.329 e. The summed E-state index contributed by atoms with van der Waals surface area (Å²) in [6, 6.07) is 5.44. The SMILES string of the molecule is COc1ccc2[nH]c3c(c2c1)C1CC12CCN2C3C(=O)OCC(O)CO.Cl. The molecular weight excluding hydrogens is 372 g/mol. The molecule has 3 heterocycles. The number of esters is 1. The highest BCUT2D eigenvalue weighted by molar-refractivity contribution is 5.91. The number of aliphatic hydroxyl groups excluding tert-OH is 2. The number of halogens is 1. The molecule has 3 aliphatic rings. The Morgan fingerprint density at radius 3 is 2.96 bits per heavy atom. The van der Waals surface area contributed by atoms with E-state index >= 15 is 0 Å². The molecule has 0 bridgehead atoms. The molecule has 4 unspecified atom stereocenters. The van der Waals surface area contributed by atoms with Crippen molar-refractivity contribution < 1.29 is 24.5 Å². The minimum atomic E-state index is -1.05. The minimum absolute atomic E-state index is 0. The maximum absolute atomic E-state index is 12.8. The van der Waals surface area contributed by atoms with Crippen LogP contribution in [0.2, 0.25) is 0 Å². The van der Waals surface area contributed by atoms with Gasteiger partial charge in [-0.1, -0.05) is 0 Å². The van der Waals surface area contributed by atoms with Gasteiger partial charge in [-0.2, -0.15) is 0 Å². The standard InChI is InChI=1S/C19H22N2O5.ClH/c1-25-11-2-3-14-12(6-11)15-13-7-19(13)4-5-21(19)17(16(15)20-14)18(24)26-9-10(23)8-22;/h2-3,6,10,13,17,20,22-23H,4-5,7-9H2,1H3;1H. The lowest BCUT2D eigenvalue weighted by Gasteiger charge is -2.49. The predicted octanol–water partition coefficient (Wildman–Crippen LogP) is 1.48.